The summed E-state index contributed by atoms with van der Waals surface area (Å²) < 4.78 is 0. The zero-order valence-corrected chi connectivity index (χ0v) is 12.0. The lowest BCUT2D eigenvalue weighted by Gasteiger charge is -2.07. The van der Waals surface area contributed by atoms with Crippen molar-refractivity contribution in [1.82, 2.24) is 0 Å². The summed E-state index contributed by atoms with van der Waals surface area (Å²) in [5.41, 5.74) is 5.45. The van der Waals surface area contributed by atoms with Gasteiger partial charge in [-0.15, -0.1) is 0 Å². The van der Waals surface area contributed by atoms with E-state index in [9.17, 15) is 14.9 Å². The van der Waals surface area contributed by atoms with Gasteiger partial charge in [-0.1, -0.05) is 23.2 Å². The van der Waals surface area contributed by atoms with Crippen molar-refractivity contribution in [2.75, 3.05) is 11.1 Å². The number of amides is 1. The van der Waals surface area contributed by atoms with Gasteiger partial charge in [-0.3, -0.25) is 14.9 Å². The van der Waals surface area contributed by atoms with Gasteiger partial charge in [0.25, 0.3) is 11.6 Å². The Labute approximate surface area is 129 Å². The van der Waals surface area contributed by atoms with Crippen LogP contribution in [0, 0.1) is 10.1 Å². The molecule has 1 amide bonds. The monoisotopic (exact) mass is 325 g/mol. The first-order valence-electron chi connectivity index (χ1n) is 5.69. The normalized spacial score (nSPS) is 10.2. The number of anilines is 2. The van der Waals surface area contributed by atoms with E-state index in [0.29, 0.717) is 10.7 Å². The number of hydrogen-bond acceptors (Lipinski definition) is 4. The van der Waals surface area contributed by atoms with Crippen LogP contribution in [0.25, 0.3) is 0 Å². The third-order valence-corrected chi connectivity index (χ3v) is 3.23. The molecule has 0 heterocycles. The molecule has 0 fully saturated rings. The minimum Gasteiger partial charge on any atom is -0.392 e. The Morgan fingerprint density at radius 2 is 1.81 bits per heavy atom. The fourth-order valence-corrected chi connectivity index (χ4v) is 1.96. The van der Waals surface area contributed by atoms with Crippen molar-refractivity contribution < 1.29 is 9.72 Å². The third kappa shape index (κ3) is 3.42. The third-order valence-electron chi connectivity index (χ3n) is 2.67. The fourth-order valence-electron chi connectivity index (χ4n) is 1.62. The van der Waals surface area contributed by atoms with Crippen LogP contribution in [0.1, 0.15) is 10.4 Å². The molecule has 0 bridgehead atoms. The lowest BCUT2D eigenvalue weighted by molar-refractivity contribution is -0.383. The summed E-state index contributed by atoms with van der Waals surface area (Å²) in [5.74, 6) is -0.540. The van der Waals surface area contributed by atoms with Crippen LogP contribution in [0.2, 0.25) is 10.0 Å². The summed E-state index contributed by atoms with van der Waals surface area (Å²) in [6.07, 6.45) is 0. The largest absolute Gasteiger partial charge is 0.392 e. The van der Waals surface area contributed by atoms with E-state index in [0.717, 1.165) is 6.07 Å². The number of nitrogens with zero attached hydrogens (tertiary/aromatic N) is 1. The maximum Gasteiger partial charge on any atom is 0.294 e. The highest BCUT2D eigenvalue weighted by molar-refractivity contribution is 6.34. The summed E-state index contributed by atoms with van der Waals surface area (Å²) >= 11 is 11.5. The number of nitrogens with one attached hydrogen (secondary N) is 1. The van der Waals surface area contributed by atoms with Gasteiger partial charge in [0.2, 0.25) is 0 Å². The van der Waals surface area contributed by atoms with Crippen molar-refractivity contribution in [3.8, 4) is 0 Å². The Kier molecular flexibility index (Phi) is 4.30. The Bertz CT molecular complexity index is 717. The van der Waals surface area contributed by atoms with E-state index in [1.807, 2.05) is 0 Å². The lowest BCUT2D eigenvalue weighted by atomic mass is 10.1. The van der Waals surface area contributed by atoms with E-state index < -0.39 is 16.5 Å². The summed E-state index contributed by atoms with van der Waals surface area (Å²) in [4.78, 5) is 22.2. The molecule has 2 rings (SSSR count). The predicted octanol–water partition coefficient (Wildman–Crippen LogP) is 3.74. The molecule has 0 saturated carbocycles. The second-order valence-electron chi connectivity index (χ2n) is 4.11. The summed E-state index contributed by atoms with van der Waals surface area (Å²) in [6, 6.07) is 8.77. The van der Waals surface area contributed by atoms with Gasteiger partial charge in [-0.05, 0) is 30.3 Å². The van der Waals surface area contributed by atoms with E-state index in [1.54, 1.807) is 24.3 Å². The second kappa shape index (κ2) is 5.99. The highest BCUT2D eigenvalue weighted by Gasteiger charge is 2.19. The molecule has 0 spiro atoms. The lowest BCUT2D eigenvalue weighted by Crippen LogP contribution is -2.12. The number of halogens is 2. The van der Waals surface area contributed by atoms with E-state index in [-0.39, 0.29) is 16.3 Å². The van der Waals surface area contributed by atoms with Crippen LogP contribution in [0.15, 0.2) is 36.4 Å². The maximum atomic E-state index is 12.1. The minimum atomic E-state index is -0.694. The molecule has 6 nitrogen and oxygen atoms in total. The molecule has 0 atom stereocenters. The zero-order valence-electron chi connectivity index (χ0n) is 10.5. The quantitative estimate of drug-likeness (QED) is 0.510. The summed E-state index contributed by atoms with van der Waals surface area (Å²) in [6.45, 7) is 0. The number of nitrogen functional groups attached to an aromatic ring is 1. The van der Waals surface area contributed by atoms with Crippen molar-refractivity contribution in [2.24, 2.45) is 0 Å². The fraction of sp³-hybridized carbons (Fsp3) is 0. The molecule has 0 aliphatic heterocycles. The van der Waals surface area contributed by atoms with Gasteiger partial charge < -0.3 is 11.1 Å². The van der Waals surface area contributed by atoms with Gasteiger partial charge in [0.15, 0.2) is 0 Å². The molecular formula is C13H9Cl2N3O3. The summed E-state index contributed by atoms with van der Waals surface area (Å²) in [5, 5.41) is 13.9. The average molecular weight is 326 g/mol. The molecule has 0 unspecified atom stereocenters. The van der Waals surface area contributed by atoms with Crippen LogP contribution in [0.3, 0.4) is 0 Å². The highest BCUT2D eigenvalue weighted by Crippen LogP contribution is 2.31. The molecule has 0 saturated heterocycles. The van der Waals surface area contributed by atoms with Crippen LogP contribution < -0.4 is 11.1 Å². The number of hydrogen-bond donors (Lipinski definition) is 2. The van der Waals surface area contributed by atoms with Crippen molar-refractivity contribution in [3.05, 3.63) is 62.1 Å². The minimum absolute atomic E-state index is 0.0378. The topological polar surface area (TPSA) is 98.3 Å². The number of benzene rings is 2. The van der Waals surface area contributed by atoms with E-state index >= 15 is 0 Å². The molecule has 2 aromatic rings. The van der Waals surface area contributed by atoms with Gasteiger partial charge in [-0.25, -0.2) is 0 Å². The van der Waals surface area contributed by atoms with Gasteiger partial charge in [-0.2, -0.15) is 0 Å². The molecular weight excluding hydrogens is 317 g/mol. The highest BCUT2D eigenvalue weighted by atomic mass is 35.5. The van der Waals surface area contributed by atoms with Crippen molar-refractivity contribution >= 4 is 46.2 Å². The van der Waals surface area contributed by atoms with E-state index in [2.05, 4.69) is 5.32 Å². The number of rotatable bonds is 3. The zero-order chi connectivity index (χ0) is 15.6. The molecule has 2 aromatic carbocycles. The Balaban J connectivity index is 2.31. The first kappa shape index (κ1) is 15.1. The van der Waals surface area contributed by atoms with Crippen molar-refractivity contribution in [3.63, 3.8) is 0 Å². The van der Waals surface area contributed by atoms with Gasteiger partial charge >= 0.3 is 0 Å². The maximum absolute atomic E-state index is 12.1. The molecule has 8 heteroatoms. The van der Waals surface area contributed by atoms with Gasteiger partial charge in [0, 0.05) is 22.3 Å². The van der Waals surface area contributed by atoms with E-state index in [4.69, 9.17) is 28.9 Å². The van der Waals surface area contributed by atoms with E-state index in [1.165, 1.54) is 6.07 Å². The smallest absolute Gasteiger partial charge is 0.294 e. The van der Waals surface area contributed by atoms with Gasteiger partial charge in [0.05, 0.1) is 9.95 Å². The second-order valence-corrected chi connectivity index (χ2v) is 4.95. The Morgan fingerprint density at radius 3 is 2.38 bits per heavy atom. The molecule has 0 aliphatic rings. The predicted molar refractivity (Wildman–Crippen MR) is 81.9 cm³/mol. The van der Waals surface area contributed by atoms with Crippen LogP contribution in [-0.2, 0) is 0 Å². The average Bonchev–Trinajstić information content (AvgIpc) is 2.43. The first-order valence-corrected chi connectivity index (χ1v) is 6.44. The molecule has 21 heavy (non-hydrogen) atoms. The summed E-state index contributed by atoms with van der Waals surface area (Å²) in [7, 11) is 0. The van der Waals surface area contributed by atoms with Crippen LogP contribution in [0.4, 0.5) is 17.1 Å². The Morgan fingerprint density at radius 1 is 1.19 bits per heavy atom. The van der Waals surface area contributed by atoms with Crippen molar-refractivity contribution in [2.45, 2.75) is 0 Å². The molecule has 0 aliphatic carbocycles. The molecule has 108 valence electrons. The number of carbonyl (C=O) groups is 1. The Hall–Kier alpha value is -2.31. The van der Waals surface area contributed by atoms with Crippen LogP contribution in [-0.4, -0.2) is 10.8 Å². The van der Waals surface area contributed by atoms with Crippen LogP contribution in [0.5, 0.6) is 0 Å². The molecule has 0 aromatic heterocycles. The number of nitrogens with two attached hydrogens (primary N) is 1. The molecule has 0 radical (unpaired) electrons. The standard InChI is InChI=1S/C13H9Cl2N3O3/c14-8-1-3-9(4-2-8)17-13(19)7-5-10(15)12(16)11(6-7)18(20)21/h1-6H,16H2,(H,17,19). The van der Waals surface area contributed by atoms with Crippen molar-refractivity contribution in [1.29, 1.82) is 0 Å². The number of carbonyl (C=O) groups excluding carboxylic acids is 1. The number of nitro benzene ring substituents is 1. The SMILES string of the molecule is Nc1c(Cl)cc(C(=O)Nc2ccc(Cl)cc2)cc1[N+](=O)[O-]. The first-order chi connectivity index (χ1) is 9.88. The van der Waals surface area contributed by atoms with Gasteiger partial charge in [0.1, 0.15) is 5.69 Å². The number of nitro groups is 1. The van der Waals surface area contributed by atoms with Crippen LogP contribution >= 0.6 is 23.2 Å². The molecule has 3 N–H and O–H groups in total.